The Labute approximate surface area is 243 Å². The summed E-state index contributed by atoms with van der Waals surface area (Å²) in [4.78, 5) is 18.2. The van der Waals surface area contributed by atoms with Gasteiger partial charge in [-0.3, -0.25) is 4.79 Å². The van der Waals surface area contributed by atoms with Gasteiger partial charge in [-0.05, 0) is 47.2 Å². The molecule has 43 heavy (non-hydrogen) atoms. The number of hydrogen-bond donors (Lipinski definition) is 0. The second-order valence-electron chi connectivity index (χ2n) is 9.65. The molecule has 0 radical (unpaired) electrons. The van der Waals surface area contributed by atoms with Crippen molar-refractivity contribution in [2.45, 2.75) is 12.8 Å². The summed E-state index contributed by atoms with van der Waals surface area (Å²) in [5, 5.41) is 15.9. The number of hydrogen-bond acceptors (Lipinski definition) is 5. The van der Waals surface area contributed by atoms with Crippen LogP contribution in [0.25, 0.3) is 33.1 Å². The molecular formula is C34H21F3N4O2. The van der Waals surface area contributed by atoms with Crippen molar-refractivity contribution in [1.82, 2.24) is 9.66 Å². The zero-order valence-electron chi connectivity index (χ0n) is 22.4. The van der Waals surface area contributed by atoms with Gasteiger partial charge in [0.05, 0.1) is 34.3 Å². The minimum atomic E-state index is -4.58. The first-order valence-electron chi connectivity index (χ1n) is 13.2. The fraction of sp³-hybridized carbons (Fsp3) is 0.0588. The number of benzene rings is 5. The average molecular weight is 575 g/mol. The van der Waals surface area contributed by atoms with E-state index in [0.29, 0.717) is 28.0 Å². The van der Waals surface area contributed by atoms with Crippen molar-refractivity contribution < 1.29 is 17.9 Å². The first-order valence-corrected chi connectivity index (χ1v) is 13.2. The van der Waals surface area contributed by atoms with E-state index in [0.717, 1.165) is 27.6 Å². The van der Waals surface area contributed by atoms with Crippen LogP contribution in [-0.2, 0) is 12.8 Å². The maximum atomic E-state index is 13.7. The minimum Gasteiger partial charge on any atom is -0.488 e. The Bertz CT molecular complexity index is 2130. The van der Waals surface area contributed by atoms with E-state index in [1.165, 1.54) is 18.3 Å². The van der Waals surface area contributed by atoms with E-state index in [-0.39, 0.29) is 23.4 Å². The summed E-state index contributed by atoms with van der Waals surface area (Å²) in [6, 6.07) is 31.7. The number of halogens is 3. The van der Waals surface area contributed by atoms with Gasteiger partial charge < -0.3 is 4.74 Å². The Morgan fingerprint density at radius 3 is 2.44 bits per heavy atom. The van der Waals surface area contributed by atoms with Crippen molar-refractivity contribution >= 4 is 27.9 Å². The zero-order valence-corrected chi connectivity index (χ0v) is 22.4. The van der Waals surface area contributed by atoms with Crippen molar-refractivity contribution in [3.8, 4) is 23.2 Å². The van der Waals surface area contributed by atoms with Crippen LogP contribution in [0.1, 0.15) is 22.3 Å². The number of fused-ring (bicyclic) bond motifs is 2. The largest absolute Gasteiger partial charge is 0.488 e. The number of ether oxygens (including phenoxy) is 1. The zero-order chi connectivity index (χ0) is 30.0. The Balaban J connectivity index is 1.51. The molecule has 0 fully saturated rings. The lowest BCUT2D eigenvalue weighted by molar-refractivity contribution is -0.137. The molecule has 0 saturated heterocycles. The number of para-hydroxylation sites is 1. The highest BCUT2D eigenvalue weighted by Gasteiger charge is 2.31. The second kappa shape index (κ2) is 11.3. The Morgan fingerprint density at radius 1 is 0.884 bits per heavy atom. The molecule has 0 N–H and O–H groups in total. The lowest BCUT2D eigenvalue weighted by Crippen LogP contribution is -2.20. The third-order valence-electron chi connectivity index (χ3n) is 6.96. The standard InChI is InChI=1S/C34H21F3N4O2/c35-34(36,37)26-12-7-11-23(18-26)32-40-30-15-6-5-14-28(30)33(42)41(32)39-20-29-27-13-4-3-8-22(27)16-17-31(29)43-21-25-10-2-1-9-24(25)19-38/h1-18,20H,21H2. The van der Waals surface area contributed by atoms with E-state index in [1.807, 2.05) is 36.4 Å². The van der Waals surface area contributed by atoms with Crippen LogP contribution in [0.4, 0.5) is 13.2 Å². The maximum Gasteiger partial charge on any atom is 0.416 e. The Morgan fingerprint density at radius 2 is 1.63 bits per heavy atom. The number of rotatable bonds is 6. The summed E-state index contributed by atoms with van der Waals surface area (Å²) >= 11 is 0. The minimum absolute atomic E-state index is 0.0447. The molecule has 6 rings (SSSR count). The van der Waals surface area contributed by atoms with E-state index in [2.05, 4.69) is 16.2 Å². The molecule has 0 saturated carbocycles. The number of alkyl halides is 3. The second-order valence-corrected chi connectivity index (χ2v) is 9.65. The van der Waals surface area contributed by atoms with E-state index < -0.39 is 17.3 Å². The summed E-state index contributed by atoms with van der Waals surface area (Å²) < 4.78 is 47.9. The van der Waals surface area contributed by atoms with Gasteiger partial charge in [-0.25, -0.2) is 4.98 Å². The Kier molecular flexibility index (Phi) is 7.18. The van der Waals surface area contributed by atoms with Gasteiger partial charge in [0.15, 0.2) is 5.82 Å². The highest BCUT2D eigenvalue weighted by atomic mass is 19.4. The molecule has 0 amide bonds. The maximum absolute atomic E-state index is 13.7. The van der Waals surface area contributed by atoms with Gasteiger partial charge in [0, 0.05) is 16.7 Å². The molecule has 0 aliphatic rings. The van der Waals surface area contributed by atoms with E-state index in [1.54, 1.807) is 48.5 Å². The van der Waals surface area contributed by atoms with Crippen LogP contribution in [0.2, 0.25) is 0 Å². The fourth-order valence-electron chi connectivity index (χ4n) is 4.81. The van der Waals surface area contributed by atoms with Crippen molar-refractivity contribution in [3.05, 3.63) is 142 Å². The van der Waals surface area contributed by atoms with Gasteiger partial charge in [0.25, 0.3) is 5.56 Å². The number of aromatic nitrogens is 2. The van der Waals surface area contributed by atoms with Gasteiger partial charge in [-0.2, -0.15) is 28.2 Å². The van der Waals surface area contributed by atoms with Crippen molar-refractivity contribution in [2.75, 3.05) is 0 Å². The number of nitriles is 1. The van der Waals surface area contributed by atoms with Crippen molar-refractivity contribution in [3.63, 3.8) is 0 Å². The summed E-state index contributed by atoms with van der Waals surface area (Å²) in [6.45, 7) is 0.107. The van der Waals surface area contributed by atoms with Gasteiger partial charge in [0.1, 0.15) is 12.4 Å². The highest BCUT2D eigenvalue weighted by molar-refractivity contribution is 6.02. The van der Waals surface area contributed by atoms with E-state index in [4.69, 9.17) is 4.74 Å². The number of nitrogens with zero attached hydrogens (tertiary/aromatic N) is 4. The third-order valence-corrected chi connectivity index (χ3v) is 6.96. The lowest BCUT2D eigenvalue weighted by Gasteiger charge is -2.14. The van der Waals surface area contributed by atoms with Crippen molar-refractivity contribution in [2.24, 2.45) is 5.10 Å². The van der Waals surface area contributed by atoms with Gasteiger partial charge in [-0.1, -0.05) is 72.8 Å². The summed E-state index contributed by atoms with van der Waals surface area (Å²) in [5.74, 6) is 0.398. The molecule has 0 bridgehead atoms. The summed E-state index contributed by atoms with van der Waals surface area (Å²) in [6.07, 6.45) is -3.14. The van der Waals surface area contributed by atoms with Crippen molar-refractivity contribution in [1.29, 1.82) is 5.26 Å². The van der Waals surface area contributed by atoms with Crippen LogP contribution in [0.15, 0.2) is 119 Å². The summed E-state index contributed by atoms with van der Waals surface area (Å²) in [7, 11) is 0. The first-order chi connectivity index (χ1) is 20.8. The molecule has 0 atom stereocenters. The molecule has 6 nitrogen and oxygen atoms in total. The molecule has 0 unspecified atom stereocenters. The molecule has 6 aromatic rings. The van der Waals surface area contributed by atoms with Crippen LogP contribution >= 0.6 is 0 Å². The predicted molar refractivity (Wildman–Crippen MR) is 159 cm³/mol. The van der Waals surface area contributed by atoms with E-state index in [9.17, 15) is 23.2 Å². The predicted octanol–water partition coefficient (Wildman–Crippen LogP) is 7.57. The lowest BCUT2D eigenvalue weighted by atomic mass is 10.0. The monoisotopic (exact) mass is 574 g/mol. The average Bonchev–Trinajstić information content (AvgIpc) is 3.03. The Hall–Kier alpha value is -5.75. The van der Waals surface area contributed by atoms with E-state index >= 15 is 0 Å². The van der Waals surface area contributed by atoms with Crippen LogP contribution in [0, 0.1) is 11.3 Å². The molecule has 0 aliphatic heterocycles. The van der Waals surface area contributed by atoms with Crippen LogP contribution in [-0.4, -0.2) is 15.9 Å². The fourth-order valence-corrected chi connectivity index (χ4v) is 4.81. The normalized spacial score (nSPS) is 11.7. The van der Waals surface area contributed by atoms with Crippen LogP contribution < -0.4 is 10.3 Å². The molecule has 1 aromatic heterocycles. The van der Waals surface area contributed by atoms with Crippen LogP contribution in [0.5, 0.6) is 5.75 Å². The SMILES string of the molecule is N#Cc1ccccc1COc1ccc2ccccc2c1C=Nn1c(-c2cccc(C(F)(F)F)c2)nc2ccccc2c1=O. The molecule has 9 heteroatoms. The third kappa shape index (κ3) is 5.46. The van der Waals surface area contributed by atoms with Crippen LogP contribution in [0.3, 0.4) is 0 Å². The molecule has 5 aromatic carbocycles. The molecule has 210 valence electrons. The van der Waals surface area contributed by atoms with Gasteiger partial charge in [0.2, 0.25) is 0 Å². The molecular weight excluding hydrogens is 553 g/mol. The first kappa shape index (κ1) is 27.4. The quantitative estimate of drug-likeness (QED) is 0.192. The topological polar surface area (TPSA) is 80.3 Å². The highest BCUT2D eigenvalue weighted by Crippen LogP contribution is 2.32. The summed E-state index contributed by atoms with van der Waals surface area (Å²) in [5.41, 5.74) is 0.725. The smallest absolute Gasteiger partial charge is 0.416 e. The molecule has 0 spiro atoms. The van der Waals surface area contributed by atoms with Gasteiger partial charge in [-0.15, -0.1) is 0 Å². The van der Waals surface area contributed by atoms with Gasteiger partial charge >= 0.3 is 6.18 Å². The molecule has 0 aliphatic carbocycles. The molecule has 1 heterocycles.